The molecule has 1 heterocycles. The van der Waals surface area contributed by atoms with Gasteiger partial charge in [-0.1, -0.05) is 13.3 Å². The van der Waals surface area contributed by atoms with Crippen LogP contribution < -0.4 is 5.32 Å². The Morgan fingerprint density at radius 1 is 1.18 bits per heavy atom. The zero-order chi connectivity index (χ0) is 11.7. The Hall–Kier alpha value is -0.640. The highest BCUT2D eigenvalue weighted by atomic mass is 32.1. The van der Waals surface area contributed by atoms with Gasteiger partial charge in [0.05, 0.1) is 0 Å². The predicted octanol–water partition coefficient (Wildman–Crippen LogP) is 3.80. The Morgan fingerprint density at radius 2 is 1.94 bits per heavy atom. The van der Waals surface area contributed by atoms with E-state index in [1.807, 2.05) is 0 Å². The van der Waals surface area contributed by atoms with E-state index < -0.39 is 0 Å². The highest BCUT2D eigenvalue weighted by Crippen LogP contribution is 2.37. The number of aromatic nitrogens is 2. The molecule has 0 bridgehead atoms. The monoisotopic (exact) mass is 251 g/mol. The molecule has 17 heavy (non-hydrogen) atoms. The molecule has 2 aliphatic rings. The maximum absolute atomic E-state index is 4.66. The first-order chi connectivity index (χ1) is 8.35. The van der Waals surface area contributed by atoms with Crippen LogP contribution in [-0.2, 0) is 0 Å². The van der Waals surface area contributed by atoms with Crippen molar-refractivity contribution in [2.24, 2.45) is 5.92 Å². The largest absolute Gasteiger partial charge is 0.358 e. The molecule has 1 aromatic rings. The summed E-state index contributed by atoms with van der Waals surface area (Å²) in [5.41, 5.74) is 0. The summed E-state index contributed by atoms with van der Waals surface area (Å²) in [4.78, 5) is 4.66. The quantitative estimate of drug-likeness (QED) is 0.884. The molecule has 0 saturated heterocycles. The minimum absolute atomic E-state index is 0.629. The van der Waals surface area contributed by atoms with Crippen LogP contribution in [0, 0.1) is 5.92 Å². The van der Waals surface area contributed by atoms with Gasteiger partial charge >= 0.3 is 0 Å². The van der Waals surface area contributed by atoms with E-state index in [9.17, 15) is 0 Å². The highest BCUT2D eigenvalue weighted by molar-refractivity contribution is 7.09. The smallest absolute Gasteiger partial charge is 0.202 e. The molecule has 3 nitrogen and oxygen atoms in total. The first-order valence-corrected chi connectivity index (χ1v) is 7.72. The topological polar surface area (TPSA) is 37.8 Å². The second kappa shape index (κ2) is 4.92. The zero-order valence-corrected chi connectivity index (χ0v) is 11.3. The molecule has 0 amide bonds. The fourth-order valence-corrected chi connectivity index (χ4v) is 3.41. The molecule has 4 heteroatoms. The summed E-state index contributed by atoms with van der Waals surface area (Å²) in [6.45, 7) is 2.31. The third kappa shape index (κ3) is 2.79. The summed E-state index contributed by atoms with van der Waals surface area (Å²) < 4.78 is 4.54. The second-order valence-electron chi connectivity index (χ2n) is 5.50. The fourth-order valence-electron chi connectivity index (χ4n) is 2.69. The van der Waals surface area contributed by atoms with Gasteiger partial charge in [-0.2, -0.15) is 4.37 Å². The lowest BCUT2D eigenvalue weighted by molar-refractivity contribution is 0.313. The number of nitrogens with one attached hydrogen (secondary N) is 1. The van der Waals surface area contributed by atoms with Crippen LogP contribution in [0.25, 0.3) is 0 Å². The number of rotatable bonds is 4. The van der Waals surface area contributed by atoms with Gasteiger partial charge in [0, 0.05) is 23.5 Å². The average Bonchev–Trinajstić information content (AvgIpc) is 3.06. The Labute approximate surface area is 107 Å². The van der Waals surface area contributed by atoms with Gasteiger partial charge < -0.3 is 5.32 Å². The van der Waals surface area contributed by atoms with E-state index in [0.29, 0.717) is 12.0 Å². The summed E-state index contributed by atoms with van der Waals surface area (Å²) >= 11 is 1.55. The van der Waals surface area contributed by atoms with Crippen LogP contribution in [0.3, 0.4) is 0 Å². The molecule has 0 atom stereocenters. The normalized spacial score (nSPS) is 29.2. The van der Waals surface area contributed by atoms with Gasteiger partial charge in [0.2, 0.25) is 5.13 Å². The Bertz CT molecular complexity index is 364. The molecule has 2 aliphatic carbocycles. The summed E-state index contributed by atoms with van der Waals surface area (Å²) in [5, 5.41) is 4.48. The van der Waals surface area contributed by atoms with E-state index in [1.165, 1.54) is 44.9 Å². The summed E-state index contributed by atoms with van der Waals surface area (Å²) in [6.07, 6.45) is 9.26. The molecule has 2 saturated carbocycles. The van der Waals surface area contributed by atoms with E-state index >= 15 is 0 Å². The Kier molecular flexibility index (Phi) is 3.32. The van der Waals surface area contributed by atoms with Crippen molar-refractivity contribution >= 4 is 16.7 Å². The fraction of sp³-hybridized carbons (Fsp3) is 0.846. The van der Waals surface area contributed by atoms with E-state index in [2.05, 4.69) is 21.6 Å². The first kappa shape index (κ1) is 11.5. The SMILES string of the molecule is CCC1CCC(c2nsc(NC3CC3)n2)CC1. The van der Waals surface area contributed by atoms with Gasteiger partial charge in [0.1, 0.15) is 5.82 Å². The lowest BCUT2D eigenvalue weighted by atomic mass is 9.80. The molecular formula is C13H21N3S. The lowest BCUT2D eigenvalue weighted by Gasteiger charge is -2.25. The third-order valence-corrected chi connectivity index (χ3v) is 4.80. The Balaban J connectivity index is 1.58. The summed E-state index contributed by atoms with van der Waals surface area (Å²) in [7, 11) is 0. The van der Waals surface area contributed by atoms with Gasteiger partial charge in [-0.3, -0.25) is 0 Å². The van der Waals surface area contributed by atoms with Gasteiger partial charge in [-0.15, -0.1) is 0 Å². The van der Waals surface area contributed by atoms with Crippen LogP contribution in [0.1, 0.15) is 63.6 Å². The van der Waals surface area contributed by atoms with Crippen LogP contribution in [0.15, 0.2) is 0 Å². The number of nitrogens with zero attached hydrogens (tertiary/aromatic N) is 2. The van der Waals surface area contributed by atoms with E-state index in [4.69, 9.17) is 0 Å². The third-order valence-electron chi connectivity index (χ3n) is 4.14. The van der Waals surface area contributed by atoms with E-state index in [0.717, 1.165) is 16.9 Å². The molecule has 0 radical (unpaired) electrons. The van der Waals surface area contributed by atoms with Crippen LogP contribution in [-0.4, -0.2) is 15.4 Å². The van der Waals surface area contributed by atoms with Crippen molar-refractivity contribution in [3.05, 3.63) is 5.82 Å². The maximum atomic E-state index is 4.66. The first-order valence-electron chi connectivity index (χ1n) is 6.95. The van der Waals surface area contributed by atoms with Crippen LogP contribution in [0.5, 0.6) is 0 Å². The highest BCUT2D eigenvalue weighted by Gasteiger charge is 2.26. The molecule has 0 spiro atoms. The van der Waals surface area contributed by atoms with Crippen molar-refractivity contribution in [3.63, 3.8) is 0 Å². The summed E-state index contributed by atoms with van der Waals surface area (Å²) in [5.74, 6) is 2.69. The molecule has 3 rings (SSSR count). The molecule has 1 aromatic heterocycles. The van der Waals surface area contributed by atoms with Gasteiger partial charge in [0.25, 0.3) is 0 Å². The zero-order valence-electron chi connectivity index (χ0n) is 10.5. The van der Waals surface area contributed by atoms with Crippen LogP contribution >= 0.6 is 11.5 Å². The van der Waals surface area contributed by atoms with Crippen molar-refractivity contribution in [3.8, 4) is 0 Å². The molecule has 0 aromatic carbocycles. The van der Waals surface area contributed by atoms with Crippen LogP contribution in [0.2, 0.25) is 0 Å². The van der Waals surface area contributed by atoms with Gasteiger partial charge in [-0.25, -0.2) is 4.98 Å². The molecule has 2 fully saturated rings. The average molecular weight is 251 g/mol. The number of anilines is 1. The van der Waals surface area contributed by atoms with Crippen molar-refractivity contribution in [2.45, 2.75) is 63.8 Å². The van der Waals surface area contributed by atoms with Crippen LogP contribution in [0.4, 0.5) is 5.13 Å². The number of hydrogen-bond donors (Lipinski definition) is 1. The van der Waals surface area contributed by atoms with Crippen molar-refractivity contribution in [1.29, 1.82) is 0 Å². The minimum Gasteiger partial charge on any atom is -0.358 e. The van der Waals surface area contributed by atoms with Gasteiger partial charge in [-0.05, 0) is 44.4 Å². The van der Waals surface area contributed by atoms with E-state index in [1.54, 1.807) is 11.5 Å². The molecular weight excluding hydrogens is 230 g/mol. The van der Waals surface area contributed by atoms with Crippen molar-refractivity contribution in [2.75, 3.05) is 5.32 Å². The lowest BCUT2D eigenvalue weighted by Crippen LogP contribution is -2.13. The predicted molar refractivity (Wildman–Crippen MR) is 71.5 cm³/mol. The van der Waals surface area contributed by atoms with Crippen molar-refractivity contribution < 1.29 is 0 Å². The minimum atomic E-state index is 0.629. The second-order valence-corrected chi connectivity index (χ2v) is 6.25. The van der Waals surface area contributed by atoms with Crippen molar-refractivity contribution in [1.82, 2.24) is 9.36 Å². The molecule has 1 N–H and O–H groups in total. The Morgan fingerprint density at radius 3 is 2.59 bits per heavy atom. The number of hydrogen-bond acceptors (Lipinski definition) is 4. The molecule has 94 valence electrons. The standard InChI is InChI=1S/C13H21N3S/c1-2-9-3-5-10(6-4-9)12-15-13(17-16-12)14-11-7-8-11/h9-11H,2-8H2,1H3,(H,14,15,16). The molecule has 0 aliphatic heterocycles. The van der Waals surface area contributed by atoms with Gasteiger partial charge in [0.15, 0.2) is 0 Å². The van der Waals surface area contributed by atoms with E-state index in [-0.39, 0.29) is 0 Å². The maximum Gasteiger partial charge on any atom is 0.202 e. The summed E-state index contributed by atoms with van der Waals surface area (Å²) in [6, 6.07) is 0.687. The molecule has 0 unspecified atom stereocenters.